The van der Waals surface area contributed by atoms with E-state index in [1.807, 2.05) is 0 Å². The van der Waals surface area contributed by atoms with Crippen LogP contribution >= 0.6 is 0 Å². The molecule has 3 N–H and O–H groups in total. The van der Waals surface area contributed by atoms with Gasteiger partial charge in [-0.25, -0.2) is 4.58 Å². The molecule has 0 heterocycles. The molecular weight excluding hydrogens is 134 g/mol. The van der Waals surface area contributed by atoms with Crippen molar-refractivity contribution in [2.75, 3.05) is 27.3 Å². The fourth-order valence-electron chi connectivity index (χ4n) is 0.650. The molecule has 0 aliphatic rings. The van der Waals surface area contributed by atoms with E-state index in [2.05, 4.69) is 0 Å². The molecule has 0 spiro atoms. The Kier molecular flexibility index (Phi) is 4.18. The predicted octanol–water partition coefficient (Wildman–Crippen LogP) is -1.95. The molecule has 0 bridgehead atoms. The van der Waals surface area contributed by atoms with E-state index < -0.39 is 6.10 Å². The van der Waals surface area contributed by atoms with Crippen molar-refractivity contribution in [1.82, 2.24) is 0 Å². The van der Waals surface area contributed by atoms with Crippen LogP contribution in [0.2, 0.25) is 0 Å². The van der Waals surface area contributed by atoms with Gasteiger partial charge in [-0.3, -0.25) is 0 Å². The Bertz CT molecular complexity index is 129. The minimum Gasteiger partial charge on any atom is -0.393 e. The third-order valence-corrected chi connectivity index (χ3v) is 1.29. The molecule has 0 rings (SSSR count). The van der Waals surface area contributed by atoms with Gasteiger partial charge in [0.05, 0.1) is 6.61 Å². The molecule has 60 valence electrons. The first kappa shape index (κ1) is 9.55. The highest BCUT2D eigenvalue weighted by Crippen LogP contribution is 1.84. The zero-order chi connectivity index (χ0) is 8.15. The zero-order valence-electron chi connectivity index (χ0n) is 6.28. The molecule has 0 aliphatic carbocycles. The summed E-state index contributed by atoms with van der Waals surface area (Å²) in [7, 11) is 3.40. The van der Waals surface area contributed by atoms with Gasteiger partial charge in [-0.1, -0.05) is 0 Å². The maximum Gasteiger partial charge on any atom is 0.208 e. The molecule has 0 saturated carbocycles. The summed E-state index contributed by atoms with van der Waals surface area (Å²) in [5.41, 5.74) is 0.419. The van der Waals surface area contributed by atoms with Crippen LogP contribution in [0.25, 0.3) is 0 Å². The second-order valence-electron chi connectivity index (χ2n) is 2.24. The van der Waals surface area contributed by atoms with Gasteiger partial charge in [-0.05, 0) is 0 Å². The predicted molar refractivity (Wildman–Crippen MR) is 37.3 cm³/mol. The van der Waals surface area contributed by atoms with Crippen LogP contribution in [0.5, 0.6) is 0 Å². The molecule has 0 aliphatic heterocycles. The first-order valence-electron chi connectivity index (χ1n) is 3.06. The van der Waals surface area contributed by atoms with Crippen LogP contribution in [-0.4, -0.2) is 59.0 Å². The minimum absolute atomic E-state index is 0.227. The van der Waals surface area contributed by atoms with E-state index in [4.69, 9.17) is 15.3 Å². The van der Waals surface area contributed by atoms with Crippen LogP contribution in [0, 0.1) is 0 Å². The van der Waals surface area contributed by atoms with Crippen molar-refractivity contribution in [3.05, 3.63) is 0 Å². The molecule has 0 radical (unpaired) electrons. The van der Waals surface area contributed by atoms with Gasteiger partial charge in [-0.15, -0.1) is 0 Å². The summed E-state index contributed by atoms with van der Waals surface area (Å²) in [6.45, 7) is -0.581. The van der Waals surface area contributed by atoms with Gasteiger partial charge in [0, 0.05) is 0 Å². The topological polar surface area (TPSA) is 63.7 Å². The maximum absolute atomic E-state index is 9.00. The van der Waals surface area contributed by atoms with Crippen molar-refractivity contribution in [1.29, 1.82) is 0 Å². The third kappa shape index (κ3) is 2.43. The SMILES string of the molecule is C[N+](C)=C(CO)C(O)CO. The van der Waals surface area contributed by atoms with E-state index >= 15 is 0 Å². The molecule has 4 nitrogen and oxygen atoms in total. The summed E-state index contributed by atoms with van der Waals surface area (Å²) in [5.74, 6) is 0. The molecule has 0 aromatic carbocycles. The van der Waals surface area contributed by atoms with Crippen LogP contribution < -0.4 is 0 Å². The van der Waals surface area contributed by atoms with Crippen LogP contribution in [-0.2, 0) is 0 Å². The van der Waals surface area contributed by atoms with Gasteiger partial charge in [0.2, 0.25) is 5.71 Å². The second kappa shape index (κ2) is 4.38. The highest BCUT2D eigenvalue weighted by atomic mass is 16.3. The summed E-state index contributed by atoms with van der Waals surface area (Å²) < 4.78 is 1.58. The van der Waals surface area contributed by atoms with E-state index in [9.17, 15) is 0 Å². The standard InChI is InChI=1S/C6H14NO3/c1-7(2)5(3-8)6(10)4-9/h6,8-10H,3-4H2,1-2H3/q+1. The van der Waals surface area contributed by atoms with Gasteiger partial charge in [-0.2, -0.15) is 0 Å². The number of hydrogen-bond acceptors (Lipinski definition) is 3. The Morgan fingerprint density at radius 2 is 1.90 bits per heavy atom. The molecular formula is C6H14NO3+. The monoisotopic (exact) mass is 148 g/mol. The molecule has 0 aromatic rings. The molecule has 1 atom stereocenters. The van der Waals surface area contributed by atoms with E-state index in [1.165, 1.54) is 0 Å². The highest BCUT2D eigenvalue weighted by Gasteiger charge is 2.16. The molecule has 10 heavy (non-hydrogen) atoms. The number of nitrogens with zero attached hydrogens (tertiary/aromatic N) is 1. The zero-order valence-corrected chi connectivity index (χ0v) is 6.28. The number of aliphatic hydroxyl groups excluding tert-OH is 3. The van der Waals surface area contributed by atoms with Crippen LogP contribution in [0.1, 0.15) is 0 Å². The Hall–Kier alpha value is -0.450. The lowest BCUT2D eigenvalue weighted by atomic mass is 10.2. The molecule has 0 fully saturated rings. The van der Waals surface area contributed by atoms with Crippen molar-refractivity contribution >= 4 is 5.71 Å². The highest BCUT2D eigenvalue weighted by molar-refractivity contribution is 5.85. The first-order chi connectivity index (χ1) is 4.63. The largest absolute Gasteiger partial charge is 0.393 e. The average molecular weight is 148 g/mol. The summed E-state index contributed by atoms with van der Waals surface area (Å²) in [4.78, 5) is 0. The summed E-state index contributed by atoms with van der Waals surface area (Å²) in [6.07, 6.45) is -0.944. The summed E-state index contributed by atoms with van der Waals surface area (Å²) in [6, 6.07) is 0. The third-order valence-electron chi connectivity index (χ3n) is 1.29. The van der Waals surface area contributed by atoms with Gasteiger partial charge in [0.1, 0.15) is 20.7 Å². The fourth-order valence-corrected chi connectivity index (χ4v) is 0.650. The van der Waals surface area contributed by atoms with Gasteiger partial charge in [0.25, 0.3) is 0 Å². The lowest BCUT2D eigenvalue weighted by Crippen LogP contribution is -2.33. The van der Waals surface area contributed by atoms with Gasteiger partial charge < -0.3 is 15.3 Å². The second-order valence-corrected chi connectivity index (χ2v) is 2.24. The van der Waals surface area contributed by atoms with Gasteiger partial charge >= 0.3 is 0 Å². The summed E-state index contributed by atoms with van der Waals surface area (Å²) in [5, 5.41) is 26.1. The normalized spacial score (nSPS) is 12.9. The fraction of sp³-hybridized carbons (Fsp3) is 0.833. The Morgan fingerprint density at radius 1 is 1.40 bits per heavy atom. The number of rotatable bonds is 3. The molecule has 1 unspecified atom stereocenters. The van der Waals surface area contributed by atoms with Crippen molar-refractivity contribution in [2.45, 2.75) is 6.10 Å². The summed E-state index contributed by atoms with van der Waals surface area (Å²) >= 11 is 0. The van der Waals surface area contributed by atoms with Crippen molar-refractivity contribution in [3.8, 4) is 0 Å². The quantitative estimate of drug-likeness (QED) is 0.322. The lowest BCUT2D eigenvalue weighted by Gasteiger charge is -2.05. The maximum atomic E-state index is 9.00. The van der Waals surface area contributed by atoms with Crippen LogP contribution in [0.3, 0.4) is 0 Å². The Labute approximate surface area is 60.1 Å². The molecule has 0 saturated heterocycles. The lowest BCUT2D eigenvalue weighted by molar-refractivity contribution is -0.469. The molecule has 0 amide bonds. The first-order valence-corrected chi connectivity index (χ1v) is 3.06. The Balaban J connectivity index is 4.21. The van der Waals surface area contributed by atoms with Gasteiger partial charge in [0.15, 0.2) is 6.10 Å². The number of aliphatic hydroxyl groups is 3. The van der Waals surface area contributed by atoms with E-state index in [-0.39, 0.29) is 13.2 Å². The van der Waals surface area contributed by atoms with Crippen molar-refractivity contribution in [3.63, 3.8) is 0 Å². The van der Waals surface area contributed by atoms with E-state index in [0.717, 1.165) is 0 Å². The molecule has 0 aromatic heterocycles. The minimum atomic E-state index is -0.944. The van der Waals surface area contributed by atoms with E-state index in [1.54, 1.807) is 18.7 Å². The van der Waals surface area contributed by atoms with Crippen LogP contribution in [0.4, 0.5) is 0 Å². The van der Waals surface area contributed by atoms with E-state index in [0.29, 0.717) is 5.71 Å². The average Bonchev–Trinajstić information content (AvgIpc) is 1.88. The van der Waals surface area contributed by atoms with Crippen molar-refractivity contribution < 1.29 is 19.9 Å². The molecule has 4 heteroatoms. The Morgan fingerprint density at radius 3 is 2.00 bits per heavy atom. The smallest absolute Gasteiger partial charge is 0.208 e. The van der Waals surface area contributed by atoms with Crippen LogP contribution in [0.15, 0.2) is 0 Å². The van der Waals surface area contributed by atoms with Crippen molar-refractivity contribution in [2.24, 2.45) is 0 Å². The number of hydrogen-bond donors (Lipinski definition) is 3.